The maximum Gasteiger partial charge on any atom is 0.337 e. The lowest BCUT2D eigenvalue weighted by molar-refractivity contribution is 0.179. The minimum Gasteiger partial charge on any atom is -0.394 e. The predicted molar refractivity (Wildman–Crippen MR) is 121 cm³/mol. The van der Waals surface area contributed by atoms with E-state index in [0.717, 1.165) is 44.9 Å². The zero-order chi connectivity index (χ0) is 20.4. The quantitative estimate of drug-likeness (QED) is 0.246. The molecule has 164 valence electrons. The largest absolute Gasteiger partial charge is 0.394 e. The van der Waals surface area contributed by atoms with Crippen molar-refractivity contribution in [2.45, 2.75) is 72.4 Å². The zero-order valence-electron chi connectivity index (χ0n) is 19.3. The van der Waals surface area contributed by atoms with Crippen LogP contribution >= 0.6 is 0 Å². The molecule has 0 aliphatic rings. The third-order valence-electron chi connectivity index (χ3n) is 5.19. The molecule has 0 aliphatic carbocycles. The van der Waals surface area contributed by atoms with Crippen molar-refractivity contribution in [1.82, 2.24) is 15.1 Å². The van der Waals surface area contributed by atoms with Crippen LogP contribution < -0.4 is 5.32 Å². The Hall–Kier alpha value is 0.0169. The van der Waals surface area contributed by atoms with E-state index in [2.05, 4.69) is 56.8 Å². The van der Waals surface area contributed by atoms with Gasteiger partial charge in [0.2, 0.25) is 0 Å². The van der Waals surface area contributed by atoms with E-state index in [1.54, 1.807) is 0 Å². The van der Waals surface area contributed by atoms with Gasteiger partial charge in [0.05, 0.1) is 0 Å². The number of hydrogen-bond acceptors (Lipinski definition) is 5. The standard InChI is InChI=1S/C21H49N3O2Si/c1-7-15-22-16-12-18-24(19-13-17-23(6)8-2)20-14-21-27(11-5,25-9-3)26-10-4/h22H,7-21H2,1-6H3. The first-order valence-corrected chi connectivity index (χ1v) is 13.7. The van der Waals surface area contributed by atoms with Crippen molar-refractivity contribution in [2.75, 3.05) is 66.1 Å². The number of nitrogens with one attached hydrogen (secondary N) is 1. The van der Waals surface area contributed by atoms with Crippen LogP contribution in [0.4, 0.5) is 0 Å². The molecular weight excluding hydrogens is 354 g/mol. The maximum absolute atomic E-state index is 6.14. The highest BCUT2D eigenvalue weighted by molar-refractivity contribution is 6.67. The van der Waals surface area contributed by atoms with Gasteiger partial charge < -0.3 is 24.0 Å². The van der Waals surface area contributed by atoms with Gasteiger partial charge in [-0.2, -0.15) is 0 Å². The lowest BCUT2D eigenvalue weighted by Gasteiger charge is -2.30. The van der Waals surface area contributed by atoms with Crippen molar-refractivity contribution in [1.29, 1.82) is 0 Å². The molecular formula is C21H49N3O2Si. The molecule has 0 aromatic heterocycles. The van der Waals surface area contributed by atoms with Crippen LogP contribution in [0.25, 0.3) is 0 Å². The van der Waals surface area contributed by atoms with Gasteiger partial charge >= 0.3 is 8.56 Å². The van der Waals surface area contributed by atoms with Gasteiger partial charge in [-0.1, -0.05) is 20.8 Å². The summed E-state index contributed by atoms with van der Waals surface area (Å²) in [5.74, 6) is 0. The van der Waals surface area contributed by atoms with Gasteiger partial charge in [0.1, 0.15) is 0 Å². The van der Waals surface area contributed by atoms with Gasteiger partial charge in [0, 0.05) is 13.2 Å². The Bertz CT molecular complexity index is 316. The molecule has 5 nitrogen and oxygen atoms in total. The highest BCUT2D eigenvalue weighted by Gasteiger charge is 2.34. The molecule has 0 fully saturated rings. The molecule has 0 aromatic rings. The Kier molecular flexibility index (Phi) is 18.1. The SMILES string of the molecule is CCCNCCCN(CCCN(C)CC)CCC[Si](CC)(OCC)OCC. The topological polar surface area (TPSA) is 37.0 Å². The van der Waals surface area contributed by atoms with Crippen LogP contribution in [0.5, 0.6) is 0 Å². The highest BCUT2D eigenvalue weighted by atomic mass is 28.4. The van der Waals surface area contributed by atoms with Crippen LogP contribution in [0.1, 0.15) is 60.3 Å². The average Bonchev–Trinajstić information content (AvgIpc) is 2.67. The van der Waals surface area contributed by atoms with Crippen molar-refractivity contribution in [3.05, 3.63) is 0 Å². The Morgan fingerprint density at radius 2 is 1.41 bits per heavy atom. The van der Waals surface area contributed by atoms with Crippen molar-refractivity contribution >= 4 is 8.56 Å². The Balaban J connectivity index is 4.43. The third kappa shape index (κ3) is 13.8. The summed E-state index contributed by atoms with van der Waals surface area (Å²) >= 11 is 0. The molecule has 0 aliphatic heterocycles. The summed E-state index contributed by atoms with van der Waals surface area (Å²) in [6, 6.07) is 2.17. The number of rotatable bonds is 20. The van der Waals surface area contributed by atoms with E-state index in [1.807, 2.05) is 0 Å². The maximum atomic E-state index is 6.14. The molecule has 0 spiro atoms. The summed E-state index contributed by atoms with van der Waals surface area (Å²) in [5.41, 5.74) is 0. The molecule has 0 bridgehead atoms. The average molecular weight is 404 g/mol. The van der Waals surface area contributed by atoms with Gasteiger partial charge in [0.25, 0.3) is 0 Å². The first kappa shape index (κ1) is 27.0. The number of hydrogen-bond donors (Lipinski definition) is 1. The van der Waals surface area contributed by atoms with Crippen molar-refractivity contribution in [2.24, 2.45) is 0 Å². The fourth-order valence-electron chi connectivity index (χ4n) is 3.45. The van der Waals surface area contributed by atoms with E-state index in [0.29, 0.717) is 0 Å². The molecule has 0 saturated heterocycles. The van der Waals surface area contributed by atoms with Gasteiger partial charge in [-0.15, -0.1) is 0 Å². The summed E-state index contributed by atoms with van der Waals surface area (Å²) in [6.45, 7) is 20.6. The predicted octanol–water partition coefficient (Wildman–Crippen LogP) is 3.95. The van der Waals surface area contributed by atoms with Crippen LogP contribution in [0, 0.1) is 0 Å². The molecule has 6 heteroatoms. The summed E-state index contributed by atoms with van der Waals surface area (Å²) in [4.78, 5) is 5.06. The van der Waals surface area contributed by atoms with E-state index in [-0.39, 0.29) is 0 Å². The van der Waals surface area contributed by atoms with E-state index in [1.165, 1.54) is 51.9 Å². The Labute approximate surface area is 171 Å². The van der Waals surface area contributed by atoms with E-state index in [4.69, 9.17) is 8.85 Å². The monoisotopic (exact) mass is 403 g/mol. The van der Waals surface area contributed by atoms with Crippen LogP contribution in [-0.2, 0) is 8.85 Å². The fourth-order valence-corrected chi connectivity index (χ4v) is 6.34. The van der Waals surface area contributed by atoms with Crippen molar-refractivity contribution in [3.63, 3.8) is 0 Å². The third-order valence-corrected chi connectivity index (χ3v) is 9.02. The molecule has 0 heterocycles. The molecule has 0 amide bonds. The van der Waals surface area contributed by atoms with E-state index < -0.39 is 8.56 Å². The normalized spacial score (nSPS) is 12.4. The second-order valence-corrected chi connectivity index (χ2v) is 11.0. The molecule has 0 aromatic carbocycles. The summed E-state index contributed by atoms with van der Waals surface area (Å²) in [5, 5.41) is 3.53. The molecule has 0 rings (SSSR count). The minimum absolute atomic E-state index is 0.774. The minimum atomic E-state index is -1.99. The first-order valence-electron chi connectivity index (χ1n) is 11.5. The molecule has 27 heavy (non-hydrogen) atoms. The summed E-state index contributed by atoms with van der Waals surface area (Å²) in [6.07, 6.45) is 4.88. The molecule has 1 N–H and O–H groups in total. The summed E-state index contributed by atoms with van der Waals surface area (Å²) in [7, 11) is 0.225. The van der Waals surface area contributed by atoms with E-state index in [9.17, 15) is 0 Å². The lowest BCUT2D eigenvalue weighted by atomic mass is 10.3. The van der Waals surface area contributed by atoms with Crippen LogP contribution in [0.15, 0.2) is 0 Å². The van der Waals surface area contributed by atoms with Crippen molar-refractivity contribution in [3.8, 4) is 0 Å². The lowest BCUT2D eigenvalue weighted by Crippen LogP contribution is -2.42. The molecule has 0 atom stereocenters. The smallest absolute Gasteiger partial charge is 0.337 e. The summed E-state index contributed by atoms with van der Waals surface area (Å²) < 4.78 is 12.3. The zero-order valence-corrected chi connectivity index (χ0v) is 20.3. The number of nitrogens with zero attached hydrogens (tertiary/aromatic N) is 2. The Morgan fingerprint density at radius 1 is 0.778 bits per heavy atom. The second kappa shape index (κ2) is 18.1. The highest BCUT2D eigenvalue weighted by Crippen LogP contribution is 2.21. The van der Waals surface area contributed by atoms with Gasteiger partial charge in [0.15, 0.2) is 0 Å². The fraction of sp³-hybridized carbons (Fsp3) is 1.00. The van der Waals surface area contributed by atoms with Crippen LogP contribution in [0.2, 0.25) is 12.1 Å². The van der Waals surface area contributed by atoms with Gasteiger partial charge in [-0.3, -0.25) is 0 Å². The molecule has 0 saturated carbocycles. The second-order valence-electron chi connectivity index (χ2n) is 7.43. The van der Waals surface area contributed by atoms with Gasteiger partial charge in [-0.25, -0.2) is 0 Å². The molecule has 0 radical (unpaired) electrons. The van der Waals surface area contributed by atoms with Gasteiger partial charge in [-0.05, 0) is 104 Å². The first-order chi connectivity index (χ1) is 13.1. The van der Waals surface area contributed by atoms with Crippen LogP contribution in [0.3, 0.4) is 0 Å². The van der Waals surface area contributed by atoms with E-state index >= 15 is 0 Å². The Morgan fingerprint density at radius 3 is 1.96 bits per heavy atom. The molecule has 0 unspecified atom stereocenters. The van der Waals surface area contributed by atoms with Crippen molar-refractivity contribution < 1.29 is 8.85 Å². The van der Waals surface area contributed by atoms with Crippen LogP contribution in [-0.4, -0.2) is 84.4 Å².